The molecule has 8 heteroatoms. The second kappa shape index (κ2) is 9.12. The van der Waals surface area contributed by atoms with E-state index in [2.05, 4.69) is 22.5 Å². The van der Waals surface area contributed by atoms with E-state index in [4.69, 9.17) is 0 Å². The lowest BCUT2D eigenvalue weighted by Gasteiger charge is -2.22. The van der Waals surface area contributed by atoms with E-state index in [9.17, 15) is 14.4 Å². The fourth-order valence-electron chi connectivity index (χ4n) is 4.25. The molecule has 0 saturated heterocycles. The smallest absolute Gasteiger partial charge is 0.263 e. The number of aromatic nitrogens is 2. The molecule has 160 valence electrons. The first-order valence-electron chi connectivity index (χ1n) is 10.8. The number of aryl methyl sites for hydroxylation is 1. The van der Waals surface area contributed by atoms with E-state index in [1.54, 1.807) is 6.07 Å². The van der Waals surface area contributed by atoms with Gasteiger partial charge in [0.15, 0.2) is 5.13 Å². The van der Waals surface area contributed by atoms with Crippen molar-refractivity contribution in [1.29, 1.82) is 0 Å². The van der Waals surface area contributed by atoms with Crippen molar-refractivity contribution < 1.29 is 9.59 Å². The molecule has 2 aliphatic rings. The average Bonchev–Trinajstić information content (AvgIpc) is 3.11. The number of hydrogen-bond donors (Lipinski definition) is 2. The van der Waals surface area contributed by atoms with E-state index >= 15 is 0 Å². The van der Waals surface area contributed by atoms with Crippen LogP contribution in [0.5, 0.6) is 0 Å². The van der Waals surface area contributed by atoms with Crippen LogP contribution in [0.15, 0.2) is 23.1 Å². The molecule has 1 saturated carbocycles. The third-order valence-electron chi connectivity index (χ3n) is 5.95. The molecule has 2 N–H and O–H groups in total. The number of rotatable bonds is 5. The van der Waals surface area contributed by atoms with Crippen LogP contribution in [0.2, 0.25) is 0 Å². The number of anilines is 1. The van der Waals surface area contributed by atoms with Gasteiger partial charge in [-0.2, -0.15) is 0 Å². The lowest BCUT2D eigenvalue weighted by molar-refractivity contribution is -0.116. The molecule has 0 radical (unpaired) electrons. The Kier molecular flexibility index (Phi) is 6.32. The summed E-state index contributed by atoms with van der Waals surface area (Å²) in [6.45, 7) is 2.08. The Morgan fingerprint density at radius 3 is 2.83 bits per heavy atom. The van der Waals surface area contributed by atoms with Crippen molar-refractivity contribution in [2.75, 3.05) is 5.32 Å². The van der Waals surface area contributed by atoms with E-state index in [-0.39, 0.29) is 30.0 Å². The first-order valence-corrected chi connectivity index (χ1v) is 11.6. The summed E-state index contributed by atoms with van der Waals surface area (Å²) >= 11 is 1.52. The maximum Gasteiger partial charge on any atom is 0.263 e. The van der Waals surface area contributed by atoms with Crippen molar-refractivity contribution in [2.45, 2.75) is 70.9 Å². The molecule has 2 aromatic rings. The summed E-state index contributed by atoms with van der Waals surface area (Å²) in [5.74, 6) is -0.0352. The summed E-state index contributed by atoms with van der Waals surface area (Å²) < 4.78 is 1.28. The molecule has 2 amide bonds. The Balaban J connectivity index is 1.40. The highest BCUT2D eigenvalue weighted by Crippen LogP contribution is 2.32. The van der Waals surface area contributed by atoms with Gasteiger partial charge in [0.25, 0.3) is 11.5 Å². The molecular formula is C22H28N4O3S. The van der Waals surface area contributed by atoms with Gasteiger partial charge in [-0.3, -0.25) is 14.4 Å². The molecule has 4 rings (SSSR count). The Morgan fingerprint density at radius 2 is 2.03 bits per heavy atom. The van der Waals surface area contributed by atoms with Crippen LogP contribution in [0.4, 0.5) is 5.13 Å². The number of carbonyl (C=O) groups is 2. The number of hydrogen-bond acceptors (Lipinski definition) is 5. The SMILES string of the molecule is C[C@@H]1CCc2nc(NC(=O)Cn3cccc(C(=O)NC4CCCCC4)c3=O)sc2C1. The maximum atomic E-state index is 12.7. The minimum atomic E-state index is -0.451. The maximum absolute atomic E-state index is 12.7. The topological polar surface area (TPSA) is 93.1 Å². The van der Waals surface area contributed by atoms with Crippen molar-refractivity contribution in [2.24, 2.45) is 5.92 Å². The van der Waals surface area contributed by atoms with Crippen molar-refractivity contribution >= 4 is 28.3 Å². The van der Waals surface area contributed by atoms with Gasteiger partial charge in [-0.25, -0.2) is 4.98 Å². The Labute approximate surface area is 179 Å². The number of thiazole rings is 1. The van der Waals surface area contributed by atoms with Crippen LogP contribution >= 0.6 is 11.3 Å². The molecule has 2 aromatic heterocycles. The molecule has 7 nitrogen and oxygen atoms in total. The van der Waals surface area contributed by atoms with Crippen LogP contribution in [-0.4, -0.2) is 27.4 Å². The zero-order valence-electron chi connectivity index (χ0n) is 17.3. The fourth-order valence-corrected chi connectivity index (χ4v) is 5.44. The second-order valence-corrected chi connectivity index (χ2v) is 9.53. The summed E-state index contributed by atoms with van der Waals surface area (Å²) in [6.07, 6.45) is 9.90. The van der Waals surface area contributed by atoms with Crippen molar-refractivity contribution in [3.63, 3.8) is 0 Å². The Hall–Kier alpha value is -2.48. The molecule has 0 aliphatic heterocycles. The summed E-state index contributed by atoms with van der Waals surface area (Å²) in [7, 11) is 0. The van der Waals surface area contributed by atoms with Gasteiger partial charge in [0.2, 0.25) is 5.91 Å². The number of amides is 2. The van der Waals surface area contributed by atoms with Gasteiger partial charge in [-0.1, -0.05) is 26.2 Å². The van der Waals surface area contributed by atoms with Crippen LogP contribution < -0.4 is 16.2 Å². The standard InChI is InChI=1S/C22H28N4O3S/c1-14-9-10-17-18(12-14)30-22(24-17)25-19(27)13-26-11-5-8-16(21(26)29)20(28)23-15-6-3-2-4-7-15/h5,8,11,14-15H,2-4,6-7,9-10,12-13H2,1H3,(H,23,28)(H,24,25,27)/t14-/m1/s1. The molecule has 0 bridgehead atoms. The van der Waals surface area contributed by atoms with Gasteiger partial charge in [-0.05, 0) is 50.2 Å². The molecule has 1 atom stereocenters. The Morgan fingerprint density at radius 1 is 1.23 bits per heavy atom. The monoisotopic (exact) mass is 428 g/mol. The molecule has 0 aromatic carbocycles. The summed E-state index contributed by atoms with van der Waals surface area (Å²) in [5.41, 5.74) is 0.703. The summed E-state index contributed by atoms with van der Waals surface area (Å²) in [5, 5.41) is 6.36. The molecule has 0 spiro atoms. The zero-order chi connectivity index (χ0) is 21.1. The van der Waals surface area contributed by atoms with Crippen LogP contribution in [-0.2, 0) is 24.2 Å². The zero-order valence-corrected chi connectivity index (χ0v) is 18.1. The van der Waals surface area contributed by atoms with E-state index in [1.165, 1.54) is 39.5 Å². The number of nitrogens with one attached hydrogen (secondary N) is 2. The van der Waals surface area contributed by atoms with Gasteiger partial charge in [0, 0.05) is 17.1 Å². The van der Waals surface area contributed by atoms with Gasteiger partial charge < -0.3 is 15.2 Å². The molecule has 2 heterocycles. The molecule has 1 fully saturated rings. The minimum absolute atomic E-state index is 0.0783. The van der Waals surface area contributed by atoms with Crippen LogP contribution in [0.25, 0.3) is 0 Å². The molecule has 30 heavy (non-hydrogen) atoms. The number of pyridine rings is 1. The summed E-state index contributed by atoms with van der Waals surface area (Å²) in [6, 6.07) is 3.28. The lowest BCUT2D eigenvalue weighted by atomic mass is 9.93. The van der Waals surface area contributed by atoms with Gasteiger partial charge in [-0.15, -0.1) is 11.3 Å². The third-order valence-corrected chi connectivity index (χ3v) is 6.99. The minimum Gasteiger partial charge on any atom is -0.349 e. The largest absolute Gasteiger partial charge is 0.349 e. The van der Waals surface area contributed by atoms with Gasteiger partial charge in [0.05, 0.1) is 5.69 Å². The second-order valence-electron chi connectivity index (χ2n) is 8.45. The highest BCUT2D eigenvalue weighted by molar-refractivity contribution is 7.15. The fraction of sp³-hybridized carbons (Fsp3) is 0.545. The normalized spacial score (nSPS) is 19.2. The lowest BCUT2D eigenvalue weighted by Crippen LogP contribution is -2.40. The van der Waals surface area contributed by atoms with E-state index in [0.717, 1.165) is 50.6 Å². The highest BCUT2D eigenvalue weighted by Gasteiger charge is 2.22. The number of fused-ring (bicyclic) bond motifs is 1. The predicted molar refractivity (Wildman–Crippen MR) is 117 cm³/mol. The quantitative estimate of drug-likeness (QED) is 0.765. The van der Waals surface area contributed by atoms with Crippen molar-refractivity contribution in [3.8, 4) is 0 Å². The highest BCUT2D eigenvalue weighted by atomic mass is 32.1. The van der Waals surface area contributed by atoms with Crippen LogP contribution in [0.1, 0.15) is 66.4 Å². The third kappa shape index (κ3) is 4.80. The average molecular weight is 429 g/mol. The van der Waals surface area contributed by atoms with Gasteiger partial charge >= 0.3 is 0 Å². The predicted octanol–water partition coefficient (Wildman–Crippen LogP) is 3.13. The first-order chi connectivity index (χ1) is 14.5. The molecule has 0 unspecified atom stereocenters. The van der Waals surface area contributed by atoms with Crippen molar-refractivity contribution in [1.82, 2.24) is 14.9 Å². The molecular weight excluding hydrogens is 400 g/mol. The van der Waals surface area contributed by atoms with Gasteiger partial charge in [0.1, 0.15) is 12.1 Å². The first kappa shape index (κ1) is 20.8. The number of nitrogens with zero attached hydrogens (tertiary/aromatic N) is 2. The van der Waals surface area contributed by atoms with Crippen LogP contribution in [0, 0.1) is 5.92 Å². The van der Waals surface area contributed by atoms with Crippen LogP contribution in [0.3, 0.4) is 0 Å². The molecule has 2 aliphatic carbocycles. The van der Waals surface area contributed by atoms with E-state index in [1.807, 2.05) is 0 Å². The number of carbonyl (C=O) groups excluding carboxylic acids is 2. The van der Waals surface area contributed by atoms with E-state index in [0.29, 0.717) is 11.0 Å². The van der Waals surface area contributed by atoms with E-state index < -0.39 is 5.56 Å². The Bertz CT molecular complexity index is 991. The summed E-state index contributed by atoms with van der Waals surface area (Å²) in [4.78, 5) is 43.6. The van der Waals surface area contributed by atoms with Crippen molar-refractivity contribution in [3.05, 3.63) is 44.8 Å².